The SMILES string of the molecule is CC(C)N(C[C@H]1CCCN(CCO)C1)C(=O)OC(C)(C)C. The van der Waals surface area contributed by atoms with Crippen molar-refractivity contribution in [1.82, 2.24) is 9.80 Å². The number of piperidine rings is 1. The molecule has 0 unspecified atom stereocenters. The van der Waals surface area contributed by atoms with Gasteiger partial charge in [0.15, 0.2) is 0 Å². The fourth-order valence-electron chi connectivity index (χ4n) is 2.74. The van der Waals surface area contributed by atoms with E-state index in [2.05, 4.69) is 4.90 Å². The highest BCUT2D eigenvalue weighted by Crippen LogP contribution is 2.20. The first kappa shape index (κ1) is 18.2. The lowest BCUT2D eigenvalue weighted by Gasteiger charge is -2.37. The number of nitrogens with zero attached hydrogens (tertiary/aromatic N) is 2. The number of ether oxygens (including phenoxy) is 1. The summed E-state index contributed by atoms with van der Waals surface area (Å²) in [4.78, 5) is 16.4. The van der Waals surface area contributed by atoms with Crippen molar-refractivity contribution < 1.29 is 14.6 Å². The number of carbonyl (C=O) groups is 1. The Hall–Kier alpha value is -0.810. The molecule has 0 aromatic rings. The second kappa shape index (κ2) is 7.99. The van der Waals surface area contributed by atoms with Crippen molar-refractivity contribution in [2.45, 2.75) is 59.1 Å². The van der Waals surface area contributed by atoms with Crippen molar-refractivity contribution in [1.29, 1.82) is 0 Å². The molecule has 1 rings (SSSR count). The molecular weight excluding hydrogens is 268 g/mol. The zero-order chi connectivity index (χ0) is 16.0. The van der Waals surface area contributed by atoms with E-state index in [0.29, 0.717) is 5.92 Å². The highest BCUT2D eigenvalue weighted by molar-refractivity contribution is 5.68. The monoisotopic (exact) mass is 300 g/mol. The number of aliphatic hydroxyl groups is 1. The number of β-amino-alcohol motifs (C(OH)–C–C–N with tert-alkyl or cyclic N) is 1. The lowest BCUT2D eigenvalue weighted by Crippen LogP contribution is -2.47. The van der Waals surface area contributed by atoms with Gasteiger partial charge in [-0.1, -0.05) is 0 Å². The average molecular weight is 300 g/mol. The van der Waals surface area contributed by atoms with Gasteiger partial charge in [-0.25, -0.2) is 4.79 Å². The number of hydrogen-bond donors (Lipinski definition) is 1. The van der Waals surface area contributed by atoms with Gasteiger partial charge in [-0.3, -0.25) is 0 Å². The highest BCUT2D eigenvalue weighted by Gasteiger charge is 2.28. The molecule has 0 aromatic carbocycles. The lowest BCUT2D eigenvalue weighted by atomic mass is 9.97. The van der Waals surface area contributed by atoms with Crippen LogP contribution in [-0.2, 0) is 4.74 Å². The molecule has 1 amide bonds. The maximum absolute atomic E-state index is 12.3. The Morgan fingerprint density at radius 1 is 1.43 bits per heavy atom. The Labute approximate surface area is 129 Å². The molecule has 0 saturated carbocycles. The summed E-state index contributed by atoms with van der Waals surface area (Å²) in [6, 6.07) is 0.132. The standard InChI is InChI=1S/C16H32N2O3/c1-13(2)18(15(20)21-16(3,4)5)12-14-7-6-8-17(11-14)9-10-19/h13-14,19H,6-12H2,1-5H3/t14-/m0/s1. The molecule has 1 aliphatic heterocycles. The van der Waals surface area contributed by atoms with Crippen LogP contribution in [0.25, 0.3) is 0 Å². The van der Waals surface area contributed by atoms with Crippen LogP contribution >= 0.6 is 0 Å². The Morgan fingerprint density at radius 2 is 2.10 bits per heavy atom. The molecule has 1 heterocycles. The molecule has 1 saturated heterocycles. The minimum absolute atomic E-state index is 0.132. The van der Waals surface area contributed by atoms with Gasteiger partial charge in [-0.15, -0.1) is 0 Å². The Balaban J connectivity index is 2.59. The predicted molar refractivity (Wildman–Crippen MR) is 84.3 cm³/mol. The molecular formula is C16H32N2O3. The van der Waals surface area contributed by atoms with Gasteiger partial charge in [-0.2, -0.15) is 0 Å². The van der Waals surface area contributed by atoms with Gasteiger partial charge < -0.3 is 19.6 Å². The van der Waals surface area contributed by atoms with Crippen molar-refractivity contribution >= 4 is 6.09 Å². The molecule has 1 atom stereocenters. The molecule has 1 aliphatic rings. The summed E-state index contributed by atoms with van der Waals surface area (Å²) in [5.41, 5.74) is -0.459. The topological polar surface area (TPSA) is 53.0 Å². The predicted octanol–water partition coefficient (Wildman–Crippen LogP) is 2.34. The molecule has 0 radical (unpaired) electrons. The minimum atomic E-state index is -0.459. The van der Waals surface area contributed by atoms with Crippen molar-refractivity contribution in [3.8, 4) is 0 Å². The molecule has 5 nitrogen and oxygen atoms in total. The van der Waals surface area contributed by atoms with Crippen molar-refractivity contribution in [2.24, 2.45) is 5.92 Å². The van der Waals surface area contributed by atoms with E-state index in [1.807, 2.05) is 39.5 Å². The van der Waals surface area contributed by atoms with E-state index in [1.165, 1.54) is 0 Å². The molecule has 1 N–H and O–H groups in total. The zero-order valence-electron chi connectivity index (χ0n) is 14.3. The second-order valence-electron chi connectivity index (χ2n) is 7.26. The summed E-state index contributed by atoms with van der Waals surface area (Å²) in [6.07, 6.45) is 2.04. The molecule has 0 bridgehead atoms. The largest absolute Gasteiger partial charge is 0.444 e. The van der Waals surface area contributed by atoms with E-state index in [1.54, 1.807) is 0 Å². The number of amides is 1. The van der Waals surface area contributed by atoms with Gasteiger partial charge in [0, 0.05) is 25.7 Å². The molecule has 0 aliphatic carbocycles. The van der Waals surface area contributed by atoms with E-state index in [-0.39, 0.29) is 18.7 Å². The van der Waals surface area contributed by atoms with E-state index >= 15 is 0 Å². The Bertz CT molecular complexity index is 324. The average Bonchev–Trinajstić information content (AvgIpc) is 2.34. The van der Waals surface area contributed by atoms with Crippen molar-refractivity contribution in [2.75, 3.05) is 32.8 Å². The van der Waals surface area contributed by atoms with Crippen LogP contribution in [0.1, 0.15) is 47.5 Å². The number of likely N-dealkylation sites (tertiary alicyclic amines) is 1. The highest BCUT2D eigenvalue weighted by atomic mass is 16.6. The summed E-state index contributed by atoms with van der Waals surface area (Å²) in [7, 11) is 0. The number of aliphatic hydroxyl groups excluding tert-OH is 1. The first-order chi connectivity index (χ1) is 9.73. The van der Waals surface area contributed by atoms with E-state index in [9.17, 15) is 4.79 Å². The summed E-state index contributed by atoms with van der Waals surface area (Å²) >= 11 is 0. The normalized spacial score (nSPS) is 20.6. The van der Waals surface area contributed by atoms with Crippen molar-refractivity contribution in [3.63, 3.8) is 0 Å². The fourth-order valence-corrected chi connectivity index (χ4v) is 2.74. The maximum Gasteiger partial charge on any atom is 0.410 e. The van der Waals surface area contributed by atoms with Crippen LogP contribution in [-0.4, -0.2) is 65.4 Å². The van der Waals surface area contributed by atoms with Gasteiger partial charge >= 0.3 is 6.09 Å². The Morgan fingerprint density at radius 3 is 2.62 bits per heavy atom. The van der Waals surface area contributed by atoms with Crippen LogP contribution in [0.4, 0.5) is 4.79 Å². The summed E-state index contributed by atoms with van der Waals surface area (Å²) < 4.78 is 5.51. The first-order valence-electron chi connectivity index (χ1n) is 8.05. The van der Waals surface area contributed by atoms with Crippen LogP contribution in [0.2, 0.25) is 0 Å². The van der Waals surface area contributed by atoms with E-state index < -0.39 is 5.60 Å². The van der Waals surface area contributed by atoms with Crippen molar-refractivity contribution in [3.05, 3.63) is 0 Å². The second-order valence-corrected chi connectivity index (χ2v) is 7.26. The molecule has 0 aromatic heterocycles. The minimum Gasteiger partial charge on any atom is -0.444 e. The van der Waals surface area contributed by atoms with Crippen LogP contribution in [0.5, 0.6) is 0 Å². The van der Waals surface area contributed by atoms with Gasteiger partial charge in [0.25, 0.3) is 0 Å². The molecule has 124 valence electrons. The first-order valence-corrected chi connectivity index (χ1v) is 8.05. The summed E-state index contributed by atoms with van der Waals surface area (Å²) in [5.74, 6) is 0.459. The van der Waals surface area contributed by atoms with Crippen LogP contribution in [0.3, 0.4) is 0 Å². The van der Waals surface area contributed by atoms with Gasteiger partial charge in [-0.05, 0) is 59.9 Å². The van der Waals surface area contributed by atoms with Gasteiger partial charge in [0.2, 0.25) is 0 Å². The quantitative estimate of drug-likeness (QED) is 0.847. The summed E-state index contributed by atoms with van der Waals surface area (Å²) in [6.45, 7) is 13.4. The zero-order valence-corrected chi connectivity index (χ0v) is 14.3. The molecule has 21 heavy (non-hydrogen) atoms. The van der Waals surface area contributed by atoms with Gasteiger partial charge in [0.1, 0.15) is 5.60 Å². The smallest absolute Gasteiger partial charge is 0.410 e. The molecule has 0 spiro atoms. The third-order valence-corrected chi connectivity index (χ3v) is 3.73. The maximum atomic E-state index is 12.3. The lowest BCUT2D eigenvalue weighted by molar-refractivity contribution is 0.0116. The number of hydrogen-bond acceptors (Lipinski definition) is 4. The Kier molecular flexibility index (Phi) is 6.94. The summed E-state index contributed by atoms with van der Waals surface area (Å²) in [5, 5.41) is 9.06. The molecule has 5 heteroatoms. The van der Waals surface area contributed by atoms with E-state index in [0.717, 1.165) is 39.0 Å². The van der Waals surface area contributed by atoms with Crippen LogP contribution < -0.4 is 0 Å². The third kappa shape index (κ3) is 6.66. The van der Waals surface area contributed by atoms with Crippen LogP contribution in [0.15, 0.2) is 0 Å². The van der Waals surface area contributed by atoms with E-state index in [4.69, 9.17) is 9.84 Å². The van der Waals surface area contributed by atoms with Crippen LogP contribution in [0, 0.1) is 5.92 Å². The molecule has 1 fully saturated rings. The fraction of sp³-hybridized carbons (Fsp3) is 0.938. The number of rotatable bonds is 5. The van der Waals surface area contributed by atoms with Gasteiger partial charge in [0.05, 0.1) is 6.61 Å². The third-order valence-electron chi connectivity index (χ3n) is 3.73. The number of carbonyl (C=O) groups excluding carboxylic acids is 1.